The van der Waals surface area contributed by atoms with E-state index in [0.717, 1.165) is 0 Å². The van der Waals surface area contributed by atoms with Crippen LogP contribution in [0.25, 0.3) is 0 Å². The van der Waals surface area contributed by atoms with Crippen molar-refractivity contribution in [2.24, 2.45) is 0 Å². The van der Waals surface area contributed by atoms with Gasteiger partial charge in [-0.05, 0) is 98.2 Å². The van der Waals surface area contributed by atoms with Crippen molar-refractivity contribution in [3.8, 4) is 0 Å². The average Bonchev–Trinajstić information content (AvgIpc) is 2.48. The van der Waals surface area contributed by atoms with E-state index in [9.17, 15) is 9.59 Å². The molecule has 0 spiro atoms. The average molecular weight is 555 g/mol. The normalized spacial score (nSPS) is 16.8. The molecule has 7 nitrogen and oxygen atoms in total. The van der Waals surface area contributed by atoms with Crippen molar-refractivity contribution in [1.82, 2.24) is 0 Å². The SMILES string of the molecule is C[Si](C)(C)OCC(=O)C(O[Si](C)(C)C)C(O[Si](C)(C)C)C(O[Si](C)(C)C)C(=O)O[Si](C)(C)C. The number of Topliss-reactive ketones (excluding diaryl/α,β-unsaturated/α-hetero) is 1. The monoisotopic (exact) mass is 554 g/mol. The molecule has 0 aliphatic heterocycles. The van der Waals surface area contributed by atoms with Crippen molar-refractivity contribution in [3.63, 3.8) is 0 Å². The Morgan fingerprint density at radius 3 is 1.27 bits per heavy atom. The van der Waals surface area contributed by atoms with Crippen molar-refractivity contribution in [3.05, 3.63) is 0 Å². The van der Waals surface area contributed by atoms with Crippen LogP contribution in [0.1, 0.15) is 0 Å². The first-order valence-electron chi connectivity index (χ1n) is 11.7. The molecule has 0 saturated carbocycles. The summed E-state index contributed by atoms with van der Waals surface area (Å²) >= 11 is 0. The van der Waals surface area contributed by atoms with E-state index in [0.29, 0.717) is 0 Å². The first-order valence-corrected chi connectivity index (χ1v) is 28.8. The second-order valence-electron chi connectivity index (χ2n) is 13.4. The maximum atomic E-state index is 13.5. The zero-order chi connectivity index (χ0) is 26.6. The first-order chi connectivity index (χ1) is 14.3. The standard InChI is InChI=1S/C21H50O7Si5/c1-29(2,3)24-16-17(22)18(25-30(4,5)6)19(26-31(7,8)9)20(27-32(10,11)12)21(23)28-33(13,14)15/h18-20H,16H2,1-15H3. The predicted octanol–water partition coefficient (Wildman–Crippen LogP) is 5.45. The molecule has 0 aromatic heterocycles. The van der Waals surface area contributed by atoms with E-state index in [1.54, 1.807) is 0 Å². The van der Waals surface area contributed by atoms with Crippen molar-refractivity contribution in [1.29, 1.82) is 0 Å². The zero-order valence-corrected chi connectivity index (χ0v) is 28.8. The number of carbonyl (C=O) groups is 2. The van der Waals surface area contributed by atoms with Gasteiger partial charge in [-0.1, -0.05) is 0 Å². The first kappa shape index (κ1) is 33.1. The van der Waals surface area contributed by atoms with Gasteiger partial charge in [0.2, 0.25) is 8.32 Å². The minimum Gasteiger partial charge on any atom is -0.518 e. The smallest absolute Gasteiger partial charge is 0.323 e. The van der Waals surface area contributed by atoms with Crippen molar-refractivity contribution >= 4 is 53.3 Å². The number of hydrogen-bond acceptors (Lipinski definition) is 7. The lowest BCUT2D eigenvalue weighted by molar-refractivity contribution is -0.155. The third-order valence-electron chi connectivity index (χ3n) is 3.65. The van der Waals surface area contributed by atoms with Crippen molar-refractivity contribution in [2.75, 3.05) is 6.61 Å². The highest BCUT2D eigenvalue weighted by atomic mass is 28.4. The van der Waals surface area contributed by atoms with E-state index < -0.39 is 65.9 Å². The Kier molecular flexibility index (Phi) is 11.9. The molecule has 0 bridgehead atoms. The summed E-state index contributed by atoms with van der Waals surface area (Å²) in [5, 5.41) is 0. The summed E-state index contributed by atoms with van der Waals surface area (Å²) in [6.07, 6.45) is -2.89. The van der Waals surface area contributed by atoms with Gasteiger partial charge in [-0.15, -0.1) is 0 Å². The van der Waals surface area contributed by atoms with Crippen LogP contribution in [0.2, 0.25) is 98.2 Å². The molecule has 12 heteroatoms. The Bertz CT molecular complexity index is 652. The van der Waals surface area contributed by atoms with Crippen LogP contribution in [-0.4, -0.2) is 78.3 Å². The molecule has 0 heterocycles. The molecule has 0 N–H and O–H groups in total. The molecule has 0 aromatic carbocycles. The van der Waals surface area contributed by atoms with E-state index in [1.807, 2.05) is 98.2 Å². The molecule has 0 aliphatic carbocycles. The summed E-state index contributed by atoms with van der Waals surface area (Å²) in [6, 6.07) is 0. The molecular formula is C21H50O7Si5. The maximum Gasteiger partial charge on any atom is 0.323 e. The van der Waals surface area contributed by atoms with Gasteiger partial charge in [0.15, 0.2) is 45.2 Å². The molecule has 3 atom stereocenters. The highest BCUT2D eigenvalue weighted by Gasteiger charge is 2.47. The predicted molar refractivity (Wildman–Crippen MR) is 148 cm³/mol. The van der Waals surface area contributed by atoms with Gasteiger partial charge in [-0.25, -0.2) is 0 Å². The second kappa shape index (κ2) is 11.9. The van der Waals surface area contributed by atoms with Gasteiger partial charge >= 0.3 is 5.97 Å². The Labute approximate surface area is 207 Å². The summed E-state index contributed by atoms with van der Waals surface area (Å²) in [4.78, 5) is 27.0. The third kappa shape index (κ3) is 16.4. The highest BCUT2D eigenvalue weighted by Crippen LogP contribution is 2.26. The van der Waals surface area contributed by atoms with Crippen LogP contribution < -0.4 is 0 Å². The Morgan fingerprint density at radius 1 is 0.545 bits per heavy atom. The van der Waals surface area contributed by atoms with Crippen LogP contribution in [0.3, 0.4) is 0 Å². The van der Waals surface area contributed by atoms with E-state index >= 15 is 0 Å². The number of hydrogen-bond donors (Lipinski definition) is 0. The third-order valence-corrected chi connectivity index (χ3v) is 8.38. The lowest BCUT2D eigenvalue weighted by Gasteiger charge is -2.40. The fourth-order valence-corrected chi connectivity index (χ4v) is 7.13. The van der Waals surface area contributed by atoms with Gasteiger partial charge < -0.3 is 22.1 Å². The molecule has 0 radical (unpaired) electrons. The quantitative estimate of drug-likeness (QED) is 0.264. The molecule has 3 unspecified atom stereocenters. The van der Waals surface area contributed by atoms with Crippen molar-refractivity contribution < 1.29 is 31.7 Å². The van der Waals surface area contributed by atoms with Gasteiger partial charge in [0.1, 0.15) is 12.2 Å². The fourth-order valence-electron chi connectivity index (χ4n) is 2.75. The van der Waals surface area contributed by atoms with Gasteiger partial charge in [0.05, 0.1) is 6.61 Å². The van der Waals surface area contributed by atoms with Crippen molar-refractivity contribution in [2.45, 2.75) is 117 Å². The highest BCUT2D eigenvalue weighted by molar-refractivity contribution is 6.72. The van der Waals surface area contributed by atoms with Gasteiger partial charge in [-0.2, -0.15) is 0 Å². The largest absolute Gasteiger partial charge is 0.518 e. The zero-order valence-electron chi connectivity index (χ0n) is 23.8. The minimum absolute atomic E-state index is 0.0703. The summed E-state index contributed by atoms with van der Waals surface area (Å²) in [5.41, 5.74) is 0. The Hall–Kier alpha value is 0.0644. The topological polar surface area (TPSA) is 80.3 Å². The molecule has 0 aliphatic rings. The number of ketones is 1. The molecule has 0 rings (SSSR count). The molecule has 0 amide bonds. The van der Waals surface area contributed by atoms with Crippen LogP contribution in [-0.2, 0) is 31.7 Å². The van der Waals surface area contributed by atoms with Crippen LogP contribution in [0.5, 0.6) is 0 Å². The van der Waals surface area contributed by atoms with E-state index in [1.165, 1.54) is 0 Å². The molecule has 196 valence electrons. The molecule has 33 heavy (non-hydrogen) atoms. The van der Waals surface area contributed by atoms with E-state index in [4.69, 9.17) is 22.1 Å². The van der Waals surface area contributed by atoms with Gasteiger partial charge in [-0.3, -0.25) is 9.59 Å². The summed E-state index contributed by atoms with van der Waals surface area (Å²) < 4.78 is 31.1. The van der Waals surface area contributed by atoms with Crippen LogP contribution in [0, 0.1) is 0 Å². The van der Waals surface area contributed by atoms with Crippen LogP contribution >= 0.6 is 0 Å². The molecule has 0 fully saturated rings. The lowest BCUT2D eigenvalue weighted by atomic mass is 10.0. The van der Waals surface area contributed by atoms with E-state index in [2.05, 4.69) is 0 Å². The second-order valence-corrected chi connectivity index (χ2v) is 35.7. The lowest BCUT2D eigenvalue weighted by Crippen LogP contribution is -2.59. The number of rotatable bonds is 14. The summed E-state index contributed by atoms with van der Waals surface area (Å²) in [6.45, 7) is 30.1. The maximum absolute atomic E-state index is 13.5. The van der Waals surface area contributed by atoms with Gasteiger partial charge in [0, 0.05) is 0 Å². The Balaban J connectivity index is 6.54. The molecule has 0 aromatic rings. The fraction of sp³-hybridized carbons (Fsp3) is 0.905. The summed E-state index contributed by atoms with van der Waals surface area (Å²) in [7, 11) is -10.8. The molecular weight excluding hydrogens is 505 g/mol. The van der Waals surface area contributed by atoms with Gasteiger partial charge in [0.25, 0.3) is 0 Å². The minimum atomic E-state index is -2.22. The van der Waals surface area contributed by atoms with E-state index in [-0.39, 0.29) is 12.4 Å². The Morgan fingerprint density at radius 2 is 0.939 bits per heavy atom. The van der Waals surface area contributed by atoms with Crippen LogP contribution in [0.15, 0.2) is 0 Å². The summed E-state index contributed by atoms with van der Waals surface area (Å²) in [5.74, 6) is -0.684. The molecule has 0 saturated heterocycles. The number of carbonyl (C=O) groups excluding carboxylic acids is 2. The van der Waals surface area contributed by atoms with Crippen LogP contribution in [0.4, 0.5) is 0 Å².